The minimum Gasteiger partial charge on any atom is -0.491 e. The Balaban J connectivity index is 1.91. The summed E-state index contributed by atoms with van der Waals surface area (Å²) in [7, 11) is 0. The highest BCUT2D eigenvalue weighted by Crippen LogP contribution is 2.27. The van der Waals surface area contributed by atoms with Crippen molar-refractivity contribution in [3.63, 3.8) is 0 Å². The summed E-state index contributed by atoms with van der Waals surface area (Å²) in [6.45, 7) is 4.00. The van der Waals surface area contributed by atoms with Gasteiger partial charge < -0.3 is 10.5 Å². The average Bonchev–Trinajstić information content (AvgIpc) is 2.60. The zero-order valence-electron chi connectivity index (χ0n) is 14.8. The van der Waals surface area contributed by atoms with Crippen LogP contribution in [0.3, 0.4) is 0 Å². The van der Waals surface area contributed by atoms with E-state index in [0.29, 0.717) is 10.6 Å². The quantitative estimate of drug-likeness (QED) is 0.349. The fourth-order valence-corrected chi connectivity index (χ4v) is 2.98. The molecule has 0 fully saturated rings. The van der Waals surface area contributed by atoms with E-state index in [1.165, 1.54) is 0 Å². The molecule has 0 aliphatic carbocycles. The molecule has 3 rings (SSSR count). The number of nitrogens with two attached hydrogens (primary N) is 1. The number of fused-ring (bicyclic) bond motifs is 1. The van der Waals surface area contributed by atoms with Gasteiger partial charge in [-0.2, -0.15) is 0 Å². The van der Waals surface area contributed by atoms with E-state index in [0.717, 1.165) is 27.6 Å². The summed E-state index contributed by atoms with van der Waals surface area (Å²) < 4.78 is 5.73. The predicted molar refractivity (Wildman–Crippen MR) is 111 cm³/mol. The Labute approximate surface area is 158 Å². The molecule has 3 aromatic carbocycles. The van der Waals surface area contributed by atoms with Crippen molar-refractivity contribution in [2.75, 3.05) is 0 Å². The summed E-state index contributed by atoms with van der Waals surface area (Å²) in [5.41, 5.74) is 8.19. The molecule has 132 valence electrons. The lowest BCUT2D eigenvalue weighted by molar-refractivity contribution is 0.242. The lowest BCUT2D eigenvalue weighted by atomic mass is 10.0. The molecular formula is C22H21ClN2O. The van der Waals surface area contributed by atoms with E-state index in [4.69, 9.17) is 27.5 Å². The van der Waals surface area contributed by atoms with Crippen LogP contribution in [0, 0.1) is 5.41 Å². The molecule has 0 saturated heterocycles. The molecule has 3 N–H and O–H groups in total. The van der Waals surface area contributed by atoms with Crippen LogP contribution in [0.15, 0.2) is 60.7 Å². The number of benzene rings is 3. The molecule has 0 unspecified atom stereocenters. The largest absolute Gasteiger partial charge is 0.491 e. The standard InChI is InChI=1S/C22H21ClN2O/c1-14(2)26-20-5-3-4-15(10-20)11-21(23)18-8-6-17-13-19(22(24)25)9-7-16(17)12-18/h3-14H,1-2H3,(H3,24,25). The number of rotatable bonds is 5. The first-order valence-electron chi connectivity index (χ1n) is 8.45. The number of halogens is 1. The van der Waals surface area contributed by atoms with Gasteiger partial charge in [-0.1, -0.05) is 48.0 Å². The van der Waals surface area contributed by atoms with Crippen LogP contribution < -0.4 is 10.5 Å². The second-order valence-electron chi connectivity index (χ2n) is 6.42. The molecule has 3 nitrogen and oxygen atoms in total. The van der Waals surface area contributed by atoms with Crippen molar-refractivity contribution in [2.24, 2.45) is 5.73 Å². The van der Waals surface area contributed by atoms with Crippen molar-refractivity contribution in [3.05, 3.63) is 77.4 Å². The molecule has 0 aromatic heterocycles. The van der Waals surface area contributed by atoms with Gasteiger partial charge in [-0.15, -0.1) is 0 Å². The normalized spacial score (nSPS) is 11.8. The molecule has 0 amide bonds. The maximum absolute atomic E-state index is 7.54. The minimum atomic E-state index is 0.0670. The van der Waals surface area contributed by atoms with Crippen molar-refractivity contribution >= 4 is 39.3 Å². The average molecular weight is 365 g/mol. The predicted octanol–water partition coefficient (Wildman–Crippen LogP) is 5.65. The lowest BCUT2D eigenvalue weighted by Crippen LogP contribution is -2.10. The summed E-state index contributed by atoms with van der Waals surface area (Å²) in [5.74, 6) is 0.894. The Morgan fingerprint density at radius 1 is 1.00 bits per heavy atom. The first kappa shape index (κ1) is 18.0. The van der Waals surface area contributed by atoms with Crippen LogP contribution in [-0.4, -0.2) is 11.9 Å². The van der Waals surface area contributed by atoms with Crippen LogP contribution in [0.1, 0.15) is 30.5 Å². The van der Waals surface area contributed by atoms with E-state index in [2.05, 4.69) is 0 Å². The third kappa shape index (κ3) is 4.24. The molecule has 26 heavy (non-hydrogen) atoms. The van der Waals surface area contributed by atoms with Gasteiger partial charge >= 0.3 is 0 Å². The number of ether oxygens (including phenoxy) is 1. The fourth-order valence-electron chi connectivity index (χ4n) is 2.74. The summed E-state index contributed by atoms with van der Waals surface area (Å²) in [4.78, 5) is 0. The van der Waals surface area contributed by atoms with Crippen molar-refractivity contribution in [3.8, 4) is 5.75 Å². The summed E-state index contributed by atoms with van der Waals surface area (Å²) in [6.07, 6.45) is 2.06. The smallest absolute Gasteiger partial charge is 0.122 e. The van der Waals surface area contributed by atoms with Gasteiger partial charge in [0.25, 0.3) is 0 Å². The third-order valence-electron chi connectivity index (χ3n) is 3.95. The maximum Gasteiger partial charge on any atom is 0.122 e. The fraction of sp³-hybridized carbons (Fsp3) is 0.136. The molecule has 0 radical (unpaired) electrons. The first-order chi connectivity index (χ1) is 12.4. The van der Waals surface area contributed by atoms with Gasteiger partial charge in [-0.25, -0.2) is 0 Å². The molecule has 4 heteroatoms. The summed E-state index contributed by atoms with van der Waals surface area (Å²) in [5, 5.41) is 10.3. The Morgan fingerprint density at radius 2 is 1.65 bits per heavy atom. The van der Waals surface area contributed by atoms with Crippen LogP contribution in [0.4, 0.5) is 0 Å². The molecule has 0 saturated carbocycles. The van der Waals surface area contributed by atoms with Crippen LogP contribution in [0.25, 0.3) is 21.9 Å². The molecule has 0 heterocycles. The number of nitrogen functional groups attached to an aromatic ring is 1. The second kappa shape index (κ2) is 7.63. The van der Waals surface area contributed by atoms with Gasteiger partial charge in [0.05, 0.1) is 6.10 Å². The van der Waals surface area contributed by atoms with Crippen LogP contribution in [0.5, 0.6) is 5.75 Å². The topological polar surface area (TPSA) is 59.1 Å². The highest BCUT2D eigenvalue weighted by Gasteiger charge is 2.04. The second-order valence-corrected chi connectivity index (χ2v) is 6.83. The number of hydrogen-bond donors (Lipinski definition) is 2. The van der Waals surface area contributed by atoms with E-state index in [1.807, 2.05) is 80.6 Å². The van der Waals surface area contributed by atoms with Crippen molar-refractivity contribution in [2.45, 2.75) is 20.0 Å². The number of hydrogen-bond acceptors (Lipinski definition) is 2. The highest BCUT2D eigenvalue weighted by atomic mass is 35.5. The molecule has 0 aliphatic heterocycles. The first-order valence-corrected chi connectivity index (χ1v) is 8.82. The van der Waals surface area contributed by atoms with E-state index in [-0.39, 0.29) is 11.9 Å². The zero-order valence-corrected chi connectivity index (χ0v) is 15.5. The van der Waals surface area contributed by atoms with Gasteiger partial charge in [0, 0.05) is 10.6 Å². The van der Waals surface area contributed by atoms with Crippen LogP contribution >= 0.6 is 11.6 Å². The molecule has 0 bridgehead atoms. The minimum absolute atomic E-state index is 0.0670. The van der Waals surface area contributed by atoms with Gasteiger partial charge in [0.15, 0.2) is 0 Å². The zero-order chi connectivity index (χ0) is 18.7. The summed E-state index contributed by atoms with van der Waals surface area (Å²) >= 11 is 6.55. The Bertz CT molecular complexity index is 992. The van der Waals surface area contributed by atoms with Gasteiger partial charge in [0.1, 0.15) is 11.6 Å². The Kier molecular flexibility index (Phi) is 5.29. The van der Waals surface area contributed by atoms with E-state index in [9.17, 15) is 0 Å². The van der Waals surface area contributed by atoms with E-state index in [1.54, 1.807) is 0 Å². The van der Waals surface area contributed by atoms with Crippen LogP contribution in [-0.2, 0) is 0 Å². The Hall–Kier alpha value is -2.78. The molecule has 0 aliphatic rings. The van der Waals surface area contributed by atoms with E-state index < -0.39 is 0 Å². The SMILES string of the molecule is CC(C)Oc1cccc(C=C(Cl)c2ccc3cc(C(=N)N)ccc3c2)c1. The lowest BCUT2D eigenvalue weighted by Gasteiger charge is -2.10. The van der Waals surface area contributed by atoms with E-state index >= 15 is 0 Å². The van der Waals surface area contributed by atoms with Crippen molar-refractivity contribution < 1.29 is 4.74 Å². The number of nitrogens with one attached hydrogen (secondary N) is 1. The van der Waals surface area contributed by atoms with Crippen LogP contribution in [0.2, 0.25) is 0 Å². The maximum atomic E-state index is 7.54. The number of amidine groups is 1. The van der Waals surface area contributed by atoms with Gasteiger partial charge in [-0.05, 0) is 66.1 Å². The van der Waals surface area contributed by atoms with Gasteiger partial charge in [-0.3, -0.25) is 5.41 Å². The summed E-state index contributed by atoms with van der Waals surface area (Å²) in [6, 6.07) is 19.6. The van der Waals surface area contributed by atoms with Crippen molar-refractivity contribution in [1.29, 1.82) is 5.41 Å². The third-order valence-corrected chi connectivity index (χ3v) is 4.28. The molecule has 0 spiro atoms. The van der Waals surface area contributed by atoms with Crippen molar-refractivity contribution in [1.82, 2.24) is 0 Å². The molecular weight excluding hydrogens is 344 g/mol. The molecule has 3 aromatic rings. The molecule has 0 atom stereocenters. The Morgan fingerprint density at radius 3 is 2.31 bits per heavy atom. The van der Waals surface area contributed by atoms with Gasteiger partial charge in [0.2, 0.25) is 0 Å². The monoisotopic (exact) mass is 364 g/mol. The highest BCUT2D eigenvalue weighted by molar-refractivity contribution is 6.51.